The minimum Gasteiger partial charge on any atom is -0.399 e. The molecule has 0 aromatic rings. The van der Waals surface area contributed by atoms with Crippen LogP contribution in [0, 0.1) is 28.6 Å². The Hall–Kier alpha value is -0.420. The minimum atomic E-state index is -0.567. The summed E-state index contributed by atoms with van der Waals surface area (Å²) in [4.78, 5) is 17.7. The quantitative estimate of drug-likeness (QED) is 0.370. The van der Waals surface area contributed by atoms with Crippen LogP contribution in [0.2, 0.25) is 0 Å². The summed E-state index contributed by atoms with van der Waals surface area (Å²) in [5.41, 5.74) is 2.47. The van der Waals surface area contributed by atoms with Crippen molar-refractivity contribution in [3.8, 4) is 0 Å². The lowest BCUT2D eigenvalue weighted by Crippen LogP contribution is -2.54. The summed E-state index contributed by atoms with van der Waals surface area (Å²) in [7, 11) is 1.59. The van der Waals surface area contributed by atoms with Crippen LogP contribution in [0.1, 0.15) is 71.6 Å². The highest BCUT2D eigenvalue weighted by atomic mass is 32.2. The smallest absolute Gasteiger partial charge is 0.139 e. The molecule has 27 heavy (non-hydrogen) atoms. The molecule has 0 radical (unpaired) electrons. The van der Waals surface area contributed by atoms with Crippen LogP contribution in [-0.4, -0.2) is 22.7 Å². The molecule has 5 atom stereocenters. The second-order valence-electron chi connectivity index (χ2n) is 9.56. The van der Waals surface area contributed by atoms with Crippen LogP contribution < -0.4 is 0 Å². The summed E-state index contributed by atoms with van der Waals surface area (Å²) in [6.45, 7) is 4.55. The molecule has 5 heteroatoms. The molecule has 0 heterocycles. The highest BCUT2D eigenvalue weighted by molar-refractivity contribution is 8.02. The van der Waals surface area contributed by atoms with Gasteiger partial charge in [-0.15, -0.1) is 0 Å². The number of rotatable bonds is 3. The summed E-state index contributed by atoms with van der Waals surface area (Å²) < 4.78 is -0.567. The molecule has 0 saturated heterocycles. The molecular weight excluding hydrogens is 374 g/mol. The van der Waals surface area contributed by atoms with E-state index in [1.807, 2.05) is 0 Å². The van der Waals surface area contributed by atoms with Crippen LogP contribution in [0.25, 0.3) is 0 Å². The van der Waals surface area contributed by atoms with Crippen molar-refractivity contribution in [1.82, 2.24) is 0 Å². The number of fused-ring (bicyclic) bond motifs is 5. The molecule has 0 N–H and O–H groups in total. The number of carbonyl (C=O) groups is 1. The van der Waals surface area contributed by atoms with E-state index in [4.69, 9.17) is 30.1 Å². The third-order valence-corrected chi connectivity index (χ3v) is 9.19. The van der Waals surface area contributed by atoms with E-state index in [2.05, 4.69) is 25.1 Å². The fourth-order valence-electron chi connectivity index (χ4n) is 7.31. The Morgan fingerprint density at radius 3 is 2.70 bits per heavy atom. The second kappa shape index (κ2) is 6.83. The zero-order valence-corrected chi connectivity index (χ0v) is 18.6. The van der Waals surface area contributed by atoms with E-state index in [-0.39, 0.29) is 10.8 Å². The number of allylic oxidation sites excluding steroid dienone is 2. The molecule has 0 bridgehead atoms. The van der Waals surface area contributed by atoms with Gasteiger partial charge in [0.1, 0.15) is 22.7 Å². The first kappa shape index (κ1) is 19.9. The Labute approximate surface area is 174 Å². The Balaban J connectivity index is 1.77. The number of hydrogen-bond donors (Lipinski definition) is 2. The Kier molecular flexibility index (Phi) is 5.03. The number of Topliss-reactive ketones (excluding diaryl/α,β-unsaturated/α-hetero) is 1. The van der Waals surface area contributed by atoms with Crippen molar-refractivity contribution >= 4 is 36.8 Å². The van der Waals surface area contributed by atoms with Crippen LogP contribution in [0.4, 0.5) is 0 Å². The van der Waals surface area contributed by atoms with Crippen molar-refractivity contribution < 1.29 is 9.63 Å². The van der Waals surface area contributed by atoms with E-state index in [0.29, 0.717) is 23.5 Å². The largest absolute Gasteiger partial charge is 0.399 e. The summed E-state index contributed by atoms with van der Waals surface area (Å²) >= 11 is 9.86. The standard InChI is InChI=1S/C22H33NO2S2/c1-4-10-21-13-22(26,27)18(23-25-3)12-14(21)5-6-15-16-7-8-19(24)20(16,2)11-9-17(15)21/h12,15-17,26-27H,4-11,13H2,1-3H3/b23-18-/t15-,16-,17-,20-,21-/m0/s1. The molecule has 0 aromatic carbocycles. The van der Waals surface area contributed by atoms with Gasteiger partial charge in [-0.2, -0.15) is 25.3 Å². The zero-order chi connectivity index (χ0) is 19.4. The second-order valence-corrected chi connectivity index (χ2v) is 11.4. The summed E-state index contributed by atoms with van der Waals surface area (Å²) in [5, 5.41) is 4.24. The van der Waals surface area contributed by atoms with Gasteiger partial charge in [0.15, 0.2) is 0 Å². The van der Waals surface area contributed by atoms with Crippen molar-refractivity contribution in [3.63, 3.8) is 0 Å². The average molecular weight is 408 g/mol. The number of thiol groups is 2. The Morgan fingerprint density at radius 1 is 1.22 bits per heavy atom. The van der Waals surface area contributed by atoms with Crippen molar-refractivity contribution in [2.45, 2.75) is 75.7 Å². The first-order valence-corrected chi connectivity index (χ1v) is 11.5. The first-order chi connectivity index (χ1) is 12.8. The molecule has 0 unspecified atom stereocenters. The molecule has 4 rings (SSSR count). The summed E-state index contributed by atoms with van der Waals surface area (Å²) in [6.07, 6.45) is 11.9. The molecule has 0 spiro atoms. The molecular formula is C22H33NO2S2. The molecule has 4 aliphatic rings. The minimum absolute atomic E-state index is 0.0634. The first-order valence-electron chi connectivity index (χ1n) is 10.6. The van der Waals surface area contributed by atoms with Crippen molar-refractivity contribution in [2.24, 2.45) is 33.7 Å². The van der Waals surface area contributed by atoms with E-state index in [1.54, 1.807) is 7.11 Å². The molecule has 150 valence electrons. The van der Waals surface area contributed by atoms with E-state index < -0.39 is 4.08 Å². The lowest BCUT2D eigenvalue weighted by atomic mass is 9.46. The van der Waals surface area contributed by atoms with Crippen LogP contribution in [0.15, 0.2) is 16.8 Å². The summed E-state index contributed by atoms with van der Waals surface area (Å²) in [5.74, 6) is 2.40. The van der Waals surface area contributed by atoms with Crippen LogP contribution >= 0.6 is 25.3 Å². The maximum atomic E-state index is 12.6. The predicted molar refractivity (Wildman–Crippen MR) is 116 cm³/mol. The molecule has 3 fully saturated rings. The van der Waals surface area contributed by atoms with E-state index in [1.165, 1.54) is 18.4 Å². The molecule has 3 saturated carbocycles. The van der Waals surface area contributed by atoms with E-state index >= 15 is 0 Å². The lowest BCUT2D eigenvalue weighted by Gasteiger charge is -2.59. The summed E-state index contributed by atoms with van der Waals surface area (Å²) in [6, 6.07) is 0. The van der Waals surface area contributed by atoms with Gasteiger partial charge in [-0.1, -0.05) is 31.0 Å². The van der Waals surface area contributed by atoms with Gasteiger partial charge in [0.25, 0.3) is 0 Å². The zero-order valence-electron chi connectivity index (χ0n) is 16.8. The fraction of sp³-hybridized carbons (Fsp3) is 0.818. The van der Waals surface area contributed by atoms with Crippen molar-refractivity contribution in [1.29, 1.82) is 0 Å². The Morgan fingerprint density at radius 2 is 2.00 bits per heavy atom. The van der Waals surface area contributed by atoms with E-state index in [0.717, 1.165) is 50.7 Å². The molecule has 3 nitrogen and oxygen atoms in total. The molecule has 4 aliphatic carbocycles. The third kappa shape index (κ3) is 2.86. The Bertz CT molecular complexity index is 700. The van der Waals surface area contributed by atoms with E-state index in [9.17, 15) is 4.79 Å². The van der Waals surface area contributed by atoms with Gasteiger partial charge < -0.3 is 4.84 Å². The molecule has 0 aliphatic heterocycles. The van der Waals surface area contributed by atoms with Gasteiger partial charge >= 0.3 is 0 Å². The third-order valence-electron chi connectivity index (χ3n) is 8.41. The van der Waals surface area contributed by atoms with Gasteiger partial charge in [-0.3, -0.25) is 4.79 Å². The number of carbonyl (C=O) groups excluding carboxylic acids is 1. The molecule has 0 aromatic heterocycles. The van der Waals surface area contributed by atoms with Gasteiger partial charge in [0, 0.05) is 11.8 Å². The maximum Gasteiger partial charge on any atom is 0.139 e. The van der Waals surface area contributed by atoms with Crippen LogP contribution in [-0.2, 0) is 9.63 Å². The fourth-order valence-corrected chi connectivity index (χ4v) is 8.08. The van der Waals surface area contributed by atoms with Crippen molar-refractivity contribution in [2.75, 3.05) is 7.11 Å². The normalized spacial score (nSPS) is 44.3. The number of hydrogen-bond acceptors (Lipinski definition) is 5. The van der Waals surface area contributed by atoms with Gasteiger partial charge in [0.2, 0.25) is 0 Å². The number of nitrogens with zero attached hydrogens (tertiary/aromatic N) is 1. The highest BCUT2D eigenvalue weighted by Gasteiger charge is 2.61. The van der Waals surface area contributed by atoms with Crippen molar-refractivity contribution in [3.05, 3.63) is 11.6 Å². The van der Waals surface area contributed by atoms with Gasteiger partial charge in [0.05, 0.1) is 0 Å². The number of oxime groups is 1. The average Bonchev–Trinajstić information content (AvgIpc) is 2.91. The molecule has 0 amide bonds. The van der Waals surface area contributed by atoms with Crippen LogP contribution in [0.5, 0.6) is 0 Å². The van der Waals surface area contributed by atoms with Gasteiger partial charge in [-0.25, -0.2) is 0 Å². The SMILES string of the molecule is CCC[C@]12CC(S)(S)/C(=N\OC)C=C1CC[C@@H]1[C@@H]2CC[C@]2(C)C(=O)CC[C@@H]12. The predicted octanol–water partition coefficient (Wildman–Crippen LogP) is 5.47. The maximum absolute atomic E-state index is 12.6. The van der Waals surface area contributed by atoms with Gasteiger partial charge in [-0.05, 0) is 74.2 Å². The monoisotopic (exact) mass is 407 g/mol. The topological polar surface area (TPSA) is 38.7 Å². The van der Waals surface area contributed by atoms with Crippen LogP contribution in [0.3, 0.4) is 0 Å². The lowest BCUT2D eigenvalue weighted by molar-refractivity contribution is -0.132. The highest BCUT2D eigenvalue weighted by Crippen LogP contribution is 2.67. The number of ketones is 1.